The molecule has 0 aromatic rings. The van der Waals surface area contributed by atoms with Gasteiger partial charge in [-0.2, -0.15) is 0 Å². The molecule has 1 rings (SSSR count). The molecule has 0 saturated carbocycles. The molecule has 0 aromatic heterocycles. The second kappa shape index (κ2) is 7.90. The van der Waals surface area contributed by atoms with E-state index in [4.69, 9.17) is 5.73 Å². The van der Waals surface area contributed by atoms with Gasteiger partial charge < -0.3 is 11.1 Å². The molecule has 5 heteroatoms. The zero-order valence-corrected chi connectivity index (χ0v) is 11.9. The van der Waals surface area contributed by atoms with Crippen molar-refractivity contribution in [1.82, 2.24) is 10.2 Å². The van der Waals surface area contributed by atoms with Crippen LogP contribution >= 0.6 is 12.4 Å². The van der Waals surface area contributed by atoms with E-state index in [0.29, 0.717) is 18.5 Å². The van der Waals surface area contributed by atoms with E-state index in [0.717, 1.165) is 25.9 Å². The number of nitrogens with zero attached hydrogens (tertiary/aromatic N) is 1. The highest BCUT2D eigenvalue weighted by atomic mass is 35.5. The first-order valence-electron chi connectivity index (χ1n) is 6.30. The Bertz CT molecular complexity index is 238. The molecule has 3 atom stereocenters. The number of likely N-dealkylation sites (tertiary alicyclic amines) is 1. The summed E-state index contributed by atoms with van der Waals surface area (Å²) in [6.45, 7) is 8.50. The molecule has 1 fully saturated rings. The number of nitrogens with one attached hydrogen (secondary N) is 1. The van der Waals surface area contributed by atoms with Crippen molar-refractivity contribution in [3.05, 3.63) is 0 Å². The third-order valence-corrected chi connectivity index (χ3v) is 3.49. The summed E-state index contributed by atoms with van der Waals surface area (Å²) in [5.74, 6) is 0.699. The molecule has 0 aliphatic carbocycles. The molecule has 1 amide bonds. The fourth-order valence-electron chi connectivity index (χ4n) is 2.22. The van der Waals surface area contributed by atoms with E-state index in [1.165, 1.54) is 0 Å². The lowest BCUT2D eigenvalue weighted by molar-refractivity contribution is -0.123. The van der Waals surface area contributed by atoms with Gasteiger partial charge >= 0.3 is 0 Å². The van der Waals surface area contributed by atoms with Crippen LogP contribution in [0.15, 0.2) is 0 Å². The van der Waals surface area contributed by atoms with E-state index in [1.807, 2.05) is 6.92 Å². The second-order valence-electron chi connectivity index (χ2n) is 4.99. The molecule has 0 radical (unpaired) electrons. The first kappa shape index (κ1) is 16.7. The molecule has 102 valence electrons. The number of amides is 1. The van der Waals surface area contributed by atoms with E-state index in [1.54, 1.807) is 0 Å². The van der Waals surface area contributed by atoms with Gasteiger partial charge in [-0.25, -0.2) is 0 Å². The predicted octanol–water partition coefficient (Wildman–Crippen LogP) is 0.992. The van der Waals surface area contributed by atoms with Crippen molar-refractivity contribution in [1.29, 1.82) is 0 Å². The molecule has 4 nitrogen and oxygen atoms in total. The summed E-state index contributed by atoms with van der Waals surface area (Å²) in [7, 11) is 0. The molecule has 0 bridgehead atoms. The fourth-order valence-corrected chi connectivity index (χ4v) is 2.22. The number of halogens is 1. The average molecular weight is 264 g/mol. The molecule has 1 saturated heterocycles. The summed E-state index contributed by atoms with van der Waals surface area (Å²) in [6, 6.07) is 0.756. The summed E-state index contributed by atoms with van der Waals surface area (Å²) in [4.78, 5) is 14.0. The van der Waals surface area contributed by atoms with Gasteiger partial charge in [0, 0.05) is 18.6 Å². The maximum Gasteiger partial charge on any atom is 0.234 e. The number of carbonyl (C=O) groups excluding carboxylic acids is 1. The maximum atomic E-state index is 11.7. The average Bonchev–Trinajstić information content (AvgIpc) is 2.59. The van der Waals surface area contributed by atoms with Gasteiger partial charge in [0.25, 0.3) is 0 Å². The number of rotatable bonds is 5. The minimum atomic E-state index is 0. The first-order valence-corrected chi connectivity index (χ1v) is 6.30. The molecule has 1 aliphatic rings. The quantitative estimate of drug-likeness (QED) is 0.778. The van der Waals surface area contributed by atoms with Crippen LogP contribution in [0.4, 0.5) is 0 Å². The second-order valence-corrected chi connectivity index (χ2v) is 4.99. The summed E-state index contributed by atoms with van der Waals surface area (Å²) in [5.41, 5.74) is 5.66. The monoisotopic (exact) mass is 263 g/mol. The zero-order chi connectivity index (χ0) is 12.1. The lowest BCUT2D eigenvalue weighted by atomic mass is 10.1. The Morgan fingerprint density at radius 1 is 1.59 bits per heavy atom. The van der Waals surface area contributed by atoms with Gasteiger partial charge in [-0.1, -0.05) is 6.92 Å². The van der Waals surface area contributed by atoms with Crippen LogP contribution in [0, 0.1) is 5.92 Å². The van der Waals surface area contributed by atoms with E-state index in [-0.39, 0.29) is 24.4 Å². The van der Waals surface area contributed by atoms with Crippen LogP contribution in [0.5, 0.6) is 0 Å². The summed E-state index contributed by atoms with van der Waals surface area (Å²) >= 11 is 0. The Balaban J connectivity index is 0.00000256. The Hall–Kier alpha value is -0.320. The molecule has 1 aliphatic heterocycles. The van der Waals surface area contributed by atoms with Crippen molar-refractivity contribution in [3.8, 4) is 0 Å². The number of hydrogen-bond acceptors (Lipinski definition) is 3. The minimum absolute atomic E-state index is 0. The Morgan fingerprint density at radius 2 is 2.24 bits per heavy atom. The van der Waals surface area contributed by atoms with Gasteiger partial charge in [0.15, 0.2) is 0 Å². The first-order chi connectivity index (χ1) is 7.56. The van der Waals surface area contributed by atoms with Crippen molar-refractivity contribution in [2.75, 3.05) is 19.6 Å². The highest BCUT2D eigenvalue weighted by molar-refractivity contribution is 5.85. The molecule has 3 unspecified atom stereocenters. The Kier molecular flexibility index (Phi) is 7.75. The van der Waals surface area contributed by atoms with Crippen LogP contribution in [0.1, 0.15) is 33.6 Å². The lowest BCUT2D eigenvalue weighted by Crippen LogP contribution is -2.42. The van der Waals surface area contributed by atoms with Crippen molar-refractivity contribution in [2.45, 2.75) is 45.7 Å². The van der Waals surface area contributed by atoms with Crippen LogP contribution in [0.25, 0.3) is 0 Å². The molecule has 0 spiro atoms. The zero-order valence-electron chi connectivity index (χ0n) is 11.1. The molecular formula is C12H26ClN3O. The Labute approximate surface area is 111 Å². The highest BCUT2D eigenvalue weighted by Crippen LogP contribution is 2.21. The molecule has 1 heterocycles. The van der Waals surface area contributed by atoms with Crippen LogP contribution in [-0.4, -0.2) is 42.5 Å². The van der Waals surface area contributed by atoms with Gasteiger partial charge in [-0.05, 0) is 39.2 Å². The lowest BCUT2D eigenvalue weighted by Gasteiger charge is -2.21. The number of nitrogens with two attached hydrogens (primary N) is 1. The van der Waals surface area contributed by atoms with Crippen LogP contribution in [0.3, 0.4) is 0 Å². The van der Waals surface area contributed by atoms with Gasteiger partial charge in [0.2, 0.25) is 5.91 Å². The standard InChI is InChI=1S/C12H25N3O.ClH/c1-4-9(2)14-12(16)8-15-7-11(6-13)5-10(15)3;/h9-11H,4-8,13H2,1-3H3,(H,14,16);1H. The van der Waals surface area contributed by atoms with E-state index >= 15 is 0 Å². The van der Waals surface area contributed by atoms with Crippen LogP contribution < -0.4 is 11.1 Å². The van der Waals surface area contributed by atoms with Crippen molar-refractivity contribution < 1.29 is 4.79 Å². The normalized spacial score (nSPS) is 26.4. The van der Waals surface area contributed by atoms with Crippen molar-refractivity contribution >= 4 is 18.3 Å². The van der Waals surface area contributed by atoms with Crippen LogP contribution in [0.2, 0.25) is 0 Å². The number of carbonyl (C=O) groups is 1. The van der Waals surface area contributed by atoms with E-state index in [9.17, 15) is 4.79 Å². The SMILES string of the molecule is CCC(C)NC(=O)CN1CC(CN)CC1C.Cl. The van der Waals surface area contributed by atoms with E-state index < -0.39 is 0 Å². The smallest absolute Gasteiger partial charge is 0.234 e. The molecule has 17 heavy (non-hydrogen) atoms. The largest absolute Gasteiger partial charge is 0.353 e. The summed E-state index contributed by atoms with van der Waals surface area (Å²) < 4.78 is 0. The van der Waals surface area contributed by atoms with E-state index in [2.05, 4.69) is 24.1 Å². The number of hydrogen-bond donors (Lipinski definition) is 2. The summed E-state index contributed by atoms with van der Waals surface area (Å²) in [5, 5.41) is 3.00. The van der Waals surface area contributed by atoms with Gasteiger partial charge in [-0.3, -0.25) is 9.69 Å². The van der Waals surface area contributed by atoms with Gasteiger partial charge in [-0.15, -0.1) is 12.4 Å². The van der Waals surface area contributed by atoms with Gasteiger partial charge in [0.05, 0.1) is 6.54 Å². The molecular weight excluding hydrogens is 238 g/mol. The van der Waals surface area contributed by atoms with Crippen LogP contribution in [-0.2, 0) is 4.79 Å². The predicted molar refractivity (Wildman–Crippen MR) is 73.3 cm³/mol. The van der Waals surface area contributed by atoms with Gasteiger partial charge in [0.1, 0.15) is 0 Å². The molecule has 0 aromatic carbocycles. The van der Waals surface area contributed by atoms with Crippen molar-refractivity contribution in [3.63, 3.8) is 0 Å². The minimum Gasteiger partial charge on any atom is -0.353 e. The summed E-state index contributed by atoms with van der Waals surface area (Å²) in [6.07, 6.45) is 2.10. The fraction of sp³-hybridized carbons (Fsp3) is 0.917. The Morgan fingerprint density at radius 3 is 2.71 bits per heavy atom. The molecule has 3 N–H and O–H groups in total. The third-order valence-electron chi connectivity index (χ3n) is 3.49. The highest BCUT2D eigenvalue weighted by Gasteiger charge is 2.29. The third kappa shape index (κ3) is 5.23. The topological polar surface area (TPSA) is 58.4 Å². The van der Waals surface area contributed by atoms with Crippen molar-refractivity contribution in [2.24, 2.45) is 11.7 Å². The maximum absolute atomic E-state index is 11.7.